The van der Waals surface area contributed by atoms with E-state index in [0.29, 0.717) is 17.9 Å². The van der Waals surface area contributed by atoms with Gasteiger partial charge in [0, 0.05) is 11.1 Å². The van der Waals surface area contributed by atoms with Crippen molar-refractivity contribution in [3.8, 4) is 5.75 Å². The minimum atomic E-state index is -1.03. The number of carboxylic acids is 1. The third-order valence-electron chi connectivity index (χ3n) is 2.92. The highest BCUT2D eigenvalue weighted by atomic mass is 16.5. The molecule has 0 unspecified atom stereocenters. The normalized spacial score (nSPS) is 11.0. The van der Waals surface area contributed by atoms with E-state index in [0.717, 1.165) is 6.42 Å². The van der Waals surface area contributed by atoms with E-state index in [1.54, 1.807) is 24.3 Å². The molecule has 0 radical (unpaired) electrons. The Kier molecular flexibility index (Phi) is 5.76. The molecule has 1 amide bonds. The lowest BCUT2D eigenvalue weighted by atomic mass is 10.0. The van der Waals surface area contributed by atoms with Crippen molar-refractivity contribution in [2.45, 2.75) is 39.7 Å². The molecule has 21 heavy (non-hydrogen) atoms. The van der Waals surface area contributed by atoms with Gasteiger partial charge in [0.05, 0.1) is 6.61 Å². The second-order valence-electron chi connectivity index (χ2n) is 5.83. The summed E-state index contributed by atoms with van der Waals surface area (Å²) in [5.74, 6) is -0.623. The number of hydrogen-bond acceptors (Lipinski definition) is 3. The second-order valence-corrected chi connectivity index (χ2v) is 5.83. The number of nitrogens with zero attached hydrogens (tertiary/aromatic N) is 1. The predicted molar refractivity (Wildman–Crippen MR) is 80.7 cm³/mol. The molecule has 116 valence electrons. The highest BCUT2D eigenvalue weighted by Gasteiger charge is 2.29. The fourth-order valence-corrected chi connectivity index (χ4v) is 1.82. The maximum absolute atomic E-state index is 12.5. The number of amides is 1. The van der Waals surface area contributed by atoms with Gasteiger partial charge in [0.25, 0.3) is 5.91 Å². The van der Waals surface area contributed by atoms with E-state index in [1.807, 2.05) is 27.7 Å². The van der Waals surface area contributed by atoms with Gasteiger partial charge in [0.1, 0.15) is 12.3 Å². The Morgan fingerprint density at radius 1 is 1.19 bits per heavy atom. The molecular weight excluding hydrogens is 270 g/mol. The van der Waals surface area contributed by atoms with Crippen LogP contribution in [-0.2, 0) is 4.79 Å². The van der Waals surface area contributed by atoms with Gasteiger partial charge in [-0.25, -0.2) is 0 Å². The van der Waals surface area contributed by atoms with E-state index in [2.05, 4.69) is 0 Å². The fraction of sp³-hybridized carbons (Fsp3) is 0.500. The molecule has 0 heterocycles. The molecule has 0 atom stereocenters. The van der Waals surface area contributed by atoms with Crippen LogP contribution in [0, 0.1) is 0 Å². The smallest absolute Gasteiger partial charge is 0.323 e. The summed E-state index contributed by atoms with van der Waals surface area (Å²) in [6, 6.07) is 6.77. The quantitative estimate of drug-likeness (QED) is 0.875. The highest BCUT2D eigenvalue weighted by Crippen LogP contribution is 2.19. The molecule has 0 fully saturated rings. The Morgan fingerprint density at radius 3 is 2.19 bits per heavy atom. The van der Waals surface area contributed by atoms with Gasteiger partial charge in [-0.2, -0.15) is 0 Å². The van der Waals surface area contributed by atoms with Crippen LogP contribution in [0.3, 0.4) is 0 Å². The Hall–Kier alpha value is -2.04. The molecule has 1 aromatic carbocycles. The van der Waals surface area contributed by atoms with Crippen molar-refractivity contribution < 1.29 is 19.4 Å². The zero-order chi connectivity index (χ0) is 16.0. The van der Waals surface area contributed by atoms with E-state index in [9.17, 15) is 9.59 Å². The van der Waals surface area contributed by atoms with Gasteiger partial charge >= 0.3 is 5.97 Å². The molecule has 1 aromatic rings. The first-order valence-electron chi connectivity index (χ1n) is 7.02. The molecule has 5 nitrogen and oxygen atoms in total. The van der Waals surface area contributed by atoms with E-state index in [-0.39, 0.29) is 12.5 Å². The second kappa shape index (κ2) is 7.11. The number of hydrogen-bond donors (Lipinski definition) is 1. The molecule has 0 spiro atoms. The molecule has 0 bridgehead atoms. The van der Waals surface area contributed by atoms with Crippen LogP contribution >= 0.6 is 0 Å². The number of carboxylic acid groups (broad SMARTS) is 1. The van der Waals surface area contributed by atoms with Gasteiger partial charge in [0.15, 0.2) is 0 Å². The monoisotopic (exact) mass is 293 g/mol. The lowest BCUT2D eigenvalue weighted by Crippen LogP contribution is -2.48. The maximum Gasteiger partial charge on any atom is 0.323 e. The summed E-state index contributed by atoms with van der Waals surface area (Å²) in [5.41, 5.74) is -0.109. The first-order chi connectivity index (χ1) is 9.75. The molecule has 0 aliphatic rings. The van der Waals surface area contributed by atoms with Gasteiger partial charge in [-0.1, -0.05) is 6.92 Å². The number of ether oxygens (including phenoxy) is 1. The Bertz CT molecular complexity index is 488. The number of carbonyl (C=O) groups excluding carboxylic acids is 1. The Labute approximate surface area is 125 Å². The summed E-state index contributed by atoms with van der Waals surface area (Å²) in [7, 11) is 0. The Morgan fingerprint density at radius 2 is 1.76 bits per heavy atom. The molecule has 1 rings (SSSR count). The van der Waals surface area contributed by atoms with Gasteiger partial charge in [-0.05, 0) is 51.5 Å². The summed E-state index contributed by atoms with van der Waals surface area (Å²) in [6.45, 7) is 7.76. The lowest BCUT2D eigenvalue weighted by molar-refractivity contribution is -0.138. The average Bonchev–Trinajstić information content (AvgIpc) is 2.41. The van der Waals surface area contributed by atoms with Crippen LogP contribution in [0.15, 0.2) is 24.3 Å². The van der Waals surface area contributed by atoms with Crippen LogP contribution in [0.4, 0.5) is 0 Å². The maximum atomic E-state index is 12.5. The highest BCUT2D eigenvalue weighted by molar-refractivity contribution is 5.96. The molecule has 5 heteroatoms. The molecule has 0 aromatic heterocycles. The molecule has 0 aliphatic carbocycles. The summed E-state index contributed by atoms with van der Waals surface area (Å²) >= 11 is 0. The van der Waals surface area contributed by atoms with E-state index in [4.69, 9.17) is 9.84 Å². The largest absolute Gasteiger partial charge is 0.494 e. The third-order valence-corrected chi connectivity index (χ3v) is 2.92. The topological polar surface area (TPSA) is 66.8 Å². The van der Waals surface area contributed by atoms with E-state index >= 15 is 0 Å². The van der Waals surface area contributed by atoms with Gasteiger partial charge < -0.3 is 14.7 Å². The zero-order valence-electron chi connectivity index (χ0n) is 13.0. The summed E-state index contributed by atoms with van der Waals surface area (Å²) in [5, 5.41) is 8.97. The minimum Gasteiger partial charge on any atom is -0.494 e. The summed E-state index contributed by atoms with van der Waals surface area (Å²) in [6.07, 6.45) is 0.914. The number of carbonyl (C=O) groups is 2. The van der Waals surface area contributed by atoms with Crippen LogP contribution in [0.2, 0.25) is 0 Å². The first kappa shape index (κ1) is 17.0. The van der Waals surface area contributed by atoms with E-state index in [1.165, 1.54) is 4.90 Å². The lowest BCUT2D eigenvalue weighted by Gasteiger charge is -2.34. The van der Waals surface area contributed by atoms with Crippen LogP contribution in [0.1, 0.15) is 44.5 Å². The predicted octanol–water partition coefficient (Wildman–Crippen LogP) is 2.80. The van der Waals surface area contributed by atoms with Crippen LogP contribution in [0.5, 0.6) is 5.75 Å². The molecule has 1 N–H and O–H groups in total. The van der Waals surface area contributed by atoms with Gasteiger partial charge in [0.2, 0.25) is 0 Å². The fourth-order valence-electron chi connectivity index (χ4n) is 1.82. The molecule has 0 saturated carbocycles. The van der Waals surface area contributed by atoms with Crippen LogP contribution in [0.25, 0.3) is 0 Å². The Balaban J connectivity index is 2.91. The summed E-state index contributed by atoms with van der Waals surface area (Å²) in [4.78, 5) is 24.8. The molecule has 0 saturated heterocycles. The van der Waals surface area contributed by atoms with Crippen LogP contribution < -0.4 is 4.74 Å². The SMILES string of the molecule is CCCOc1ccc(C(=O)N(CC(=O)O)C(C)(C)C)cc1. The standard InChI is InChI=1S/C16H23NO4/c1-5-10-21-13-8-6-12(7-9-13)15(20)17(11-14(18)19)16(2,3)4/h6-9H,5,10-11H2,1-4H3,(H,18,19). The zero-order valence-corrected chi connectivity index (χ0v) is 13.0. The minimum absolute atomic E-state index is 0.299. The van der Waals surface area contributed by atoms with Crippen molar-refractivity contribution in [1.29, 1.82) is 0 Å². The molecule has 0 aliphatic heterocycles. The average molecular weight is 293 g/mol. The van der Waals surface area contributed by atoms with Gasteiger partial charge in [-0.15, -0.1) is 0 Å². The van der Waals surface area contributed by atoms with E-state index < -0.39 is 11.5 Å². The van der Waals surface area contributed by atoms with Crippen molar-refractivity contribution in [1.82, 2.24) is 4.90 Å². The van der Waals surface area contributed by atoms with Crippen LogP contribution in [-0.4, -0.2) is 40.6 Å². The summed E-state index contributed by atoms with van der Waals surface area (Å²) < 4.78 is 5.46. The van der Waals surface area contributed by atoms with Crippen molar-refractivity contribution in [2.24, 2.45) is 0 Å². The van der Waals surface area contributed by atoms with Crippen molar-refractivity contribution >= 4 is 11.9 Å². The first-order valence-corrected chi connectivity index (χ1v) is 7.02. The number of benzene rings is 1. The molecular formula is C16H23NO4. The van der Waals surface area contributed by atoms with Gasteiger partial charge in [-0.3, -0.25) is 9.59 Å². The van der Waals surface area contributed by atoms with Crippen molar-refractivity contribution in [3.05, 3.63) is 29.8 Å². The van der Waals surface area contributed by atoms with Crippen molar-refractivity contribution in [3.63, 3.8) is 0 Å². The third kappa shape index (κ3) is 5.10. The number of rotatable bonds is 6. The van der Waals surface area contributed by atoms with Crippen molar-refractivity contribution in [2.75, 3.05) is 13.2 Å². The number of aliphatic carboxylic acids is 1.